The van der Waals surface area contributed by atoms with E-state index < -0.39 is 33.4 Å². The maximum Gasteiger partial charge on any atom is 0.317 e. The number of carbonyl (C=O) groups is 3. The van der Waals surface area contributed by atoms with Gasteiger partial charge in [0.25, 0.3) is 0 Å². The van der Waals surface area contributed by atoms with Gasteiger partial charge in [-0.2, -0.15) is 0 Å². The van der Waals surface area contributed by atoms with E-state index in [9.17, 15) is 19.5 Å². The molecule has 0 unspecified atom stereocenters. The highest BCUT2D eigenvalue weighted by Gasteiger charge is 2.72. The zero-order valence-corrected chi connectivity index (χ0v) is 43.9. The first-order valence-electron chi connectivity index (χ1n) is 26.4. The van der Waals surface area contributed by atoms with E-state index in [1.54, 1.807) is 6.08 Å². The Hall–Kier alpha value is -3.65. The summed E-state index contributed by atoms with van der Waals surface area (Å²) >= 11 is 0. The Bertz CT molecular complexity index is 2620. The van der Waals surface area contributed by atoms with Gasteiger partial charge in [-0.3, -0.25) is 14.4 Å². The predicted octanol–water partition coefficient (Wildman–Crippen LogP) is 12.7. The zero-order chi connectivity index (χ0) is 49.1. The van der Waals surface area contributed by atoms with Crippen LogP contribution in [0.25, 0.3) is 6.08 Å². The third-order valence-electron chi connectivity index (χ3n) is 24.5. The fourth-order valence-electron chi connectivity index (χ4n) is 19.2. The van der Waals surface area contributed by atoms with Gasteiger partial charge in [0, 0.05) is 22.0 Å². The molecule has 1 aromatic rings. The number of hydrogen-bond donors (Lipinski definition) is 1. The molecule has 0 aromatic heterocycles. The average Bonchev–Trinajstić information content (AvgIpc) is 3.29. The lowest BCUT2D eigenvalue weighted by molar-refractivity contribution is -0.231. The number of carbonyl (C=O) groups excluding carboxylic acids is 3. The molecule has 6 fully saturated rings. The first-order chi connectivity index (χ1) is 31.6. The van der Waals surface area contributed by atoms with E-state index in [4.69, 9.17) is 18.9 Å². The Morgan fingerprint density at radius 1 is 0.662 bits per heavy atom. The molecular formula is C60H80O8. The Labute approximate surface area is 406 Å². The van der Waals surface area contributed by atoms with E-state index in [0.717, 1.165) is 112 Å². The molecule has 0 bridgehead atoms. The standard InChI is InChI=1S/C60H80O8/c1-35-36-15-17-41-53(6,25-29-57(10)43-33-51(4,47(62)65-13)21-19-49(43,2)23-27-55(41,57)8)38(36)31-40-46(35)68-59(12)37-16-18-42-54(7,39(37)32-45(61)60(59,64)67-40)26-30-58(11)44-34-52(5,48(63)66-14)22-20-50(44,3)24-28-56(42,58)9/h15-18,31-32,41,43-44,64H,19-30,33-34H2,1-14H3/t41-,43+,44+,49+,50+,51+,52+,53-,54-,55+,56+,57-,58-,59-,60+/m0/s1. The zero-order valence-electron chi connectivity index (χ0n) is 43.9. The second-order valence-electron chi connectivity index (χ2n) is 27.4. The number of allylic oxidation sites excluding steroid dienone is 4. The molecule has 15 atom stereocenters. The molecule has 0 radical (unpaired) electrons. The van der Waals surface area contributed by atoms with Crippen LogP contribution >= 0.6 is 0 Å². The second kappa shape index (κ2) is 13.6. The largest absolute Gasteiger partial charge is 0.471 e. The van der Waals surface area contributed by atoms with Crippen molar-refractivity contribution in [3.05, 3.63) is 63.8 Å². The first-order valence-corrected chi connectivity index (χ1v) is 26.4. The maximum atomic E-state index is 14.9. The Morgan fingerprint density at radius 3 is 1.84 bits per heavy atom. The van der Waals surface area contributed by atoms with Crippen LogP contribution in [0.1, 0.15) is 183 Å². The van der Waals surface area contributed by atoms with Crippen LogP contribution in [0.5, 0.6) is 11.5 Å². The molecule has 10 aliphatic rings. The minimum absolute atomic E-state index is 0.00647. The number of aliphatic hydroxyl groups is 1. The molecule has 8 nitrogen and oxygen atoms in total. The van der Waals surface area contributed by atoms with Crippen molar-refractivity contribution in [2.24, 2.45) is 66.5 Å². The highest BCUT2D eigenvalue weighted by Crippen LogP contribution is 2.78. The van der Waals surface area contributed by atoms with E-state index in [1.807, 2.05) is 6.92 Å². The lowest BCUT2D eigenvalue weighted by atomic mass is 9.33. The van der Waals surface area contributed by atoms with Crippen molar-refractivity contribution in [3.8, 4) is 11.5 Å². The third kappa shape index (κ3) is 5.25. The first kappa shape index (κ1) is 46.7. The van der Waals surface area contributed by atoms with E-state index in [-0.39, 0.29) is 55.8 Å². The molecule has 0 spiro atoms. The number of methoxy groups -OCH3 is 2. The van der Waals surface area contributed by atoms with Gasteiger partial charge in [-0.25, -0.2) is 0 Å². The van der Waals surface area contributed by atoms with Crippen LogP contribution in [0.4, 0.5) is 0 Å². The number of ketones is 1. The Balaban J connectivity index is 0.954. The van der Waals surface area contributed by atoms with E-state index in [1.165, 1.54) is 25.4 Å². The van der Waals surface area contributed by atoms with E-state index in [0.29, 0.717) is 23.3 Å². The van der Waals surface area contributed by atoms with Crippen molar-refractivity contribution < 1.29 is 38.4 Å². The lowest BCUT2D eigenvalue weighted by Crippen LogP contribution is -2.70. The minimum atomic E-state index is -2.28. The van der Waals surface area contributed by atoms with Gasteiger partial charge >= 0.3 is 17.7 Å². The van der Waals surface area contributed by atoms with Crippen molar-refractivity contribution in [2.45, 2.75) is 190 Å². The highest BCUT2D eigenvalue weighted by atomic mass is 16.7. The van der Waals surface area contributed by atoms with Gasteiger partial charge < -0.3 is 24.1 Å². The van der Waals surface area contributed by atoms with Crippen molar-refractivity contribution >= 4 is 23.8 Å². The maximum absolute atomic E-state index is 14.9. The van der Waals surface area contributed by atoms with Crippen LogP contribution in [-0.2, 0) is 29.3 Å². The summed E-state index contributed by atoms with van der Waals surface area (Å²) in [6.45, 7) is 27.9. The molecule has 0 saturated heterocycles. The summed E-state index contributed by atoms with van der Waals surface area (Å²) in [5.41, 5.74) is 3.20. The molecule has 6 saturated carbocycles. The number of rotatable bonds is 2. The van der Waals surface area contributed by atoms with Gasteiger partial charge in [-0.15, -0.1) is 0 Å². The van der Waals surface area contributed by atoms with Crippen LogP contribution in [0.3, 0.4) is 0 Å². The van der Waals surface area contributed by atoms with Gasteiger partial charge in [0.05, 0.1) is 25.0 Å². The smallest absolute Gasteiger partial charge is 0.317 e. The van der Waals surface area contributed by atoms with Crippen LogP contribution < -0.4 is 9.47 Å². The number of fused-ring (bicyclic) bond motifs is 17. The molecule has 68 heavy (non-hydrogen) atoms. The summed E-state index contributed by atoms with van der Waals surface area (Å²) in [4.78, 5) is 41.6. The Morgan fingerprint density at radius 2 is 1.22 bits per heavy atom. The number of esters is 2. The van der Waals surface area contributed by atoms with E-state index >= 15 is 0 Å². The molecule has 0 amide bonds. The van der Waals surface area contributed by atoms with Crippen molar-refractivity contribution in [1.29, 1.82) is 0 Å². The van der Waals surface area contributed by atoms with Crippen molar-refractivity contribution in [1.82, 2.24) is 0 Å². The molecule has 1 aliphatic heterocycles. The lowest BCUT2D eigenvalue weighted by Gasteiger charge is -2.71. The molecule has 1 heterocycles. The average molecular weight is 929 g/mol. The summed E-state index contributed by atoms with van der Waals surface area (Å²) in [7, 11) is 3.06. The van der Waals surface area contributed by atoms with Gasteiger partial charge in [0.15, 0.2) is 11.5 Å². The molecule has 8 heteroatoms. The summed E-state index contributed by atoms with van der Waals surface area (Å²) in [6, 6.07) is 2.11. The van der Waals surface area contributed by atoms with Gasteiger partial charge in [0.1, 0.15) is 0 Å². The summed E-state index contributed by atoms with van der Waals surface area (Å²) in [5, 5.41) is 12.9. The summed E-state index contributed by atoms with van der Waals surface area (Å²) in [6.07, 6.45) is 24.6. The molecule has 368 valence electrons. The van der Waals surface area contributed by atoms with Crippen LogP contribution in [0.15, 0.2) is 47.1 Å². The van der Waals surface area contributed by atoms with Gasteiger partial charge in [-0.1, -0.05) is 85.3 Å². The van der Waals surface area contributed by atoms with E-state index in [2.05, 4.69) is 107 Å². The normalized spacial score (nSPS) is 50.3. The number of benzene rings is 1. The third-order valence-corrected chi connectivity index (χ3v) is 24.5. The molecule has 11 rings (SSSR count). The second-order valence-corrected chi connectivity index (χ2v) is 27.4. The number of ether oxygens (including phenoxy) is 4. The molecule has 1 N–H and O–H groups in total. The fraction of sp³-hybridized carbons (Fsp3) is 0.717. The summed E-state index contributed by atoms with van der Waals surface area (Å²) in [5.74, 6) is -0.961. The van der Waals surface area contributed by atoms with Crippen LogP contribution in [-0.4, -0.2) is 48.4 Å². The Kier molecular flexibility index (Phi) is 9.37. The monoisotopic (exact) mass is 929 g/mol. The number of hydrogen-bond acceptors (Lipinski definition) is 8. The minimum Gasteiger partial charge on any atom is -0.471 e. The SMILES string of the molecule is COC(=O)[C@]1(C)CC[C@]2(C)CC[C@]3(C)C4=CC=C5C(=CC(=O)[C@@]6(O)Oc7cc8c(c(C)c7O[C@@]56C)C=C[C@H]5[C@@]8(C)CC[C@@]6(C)[C@@H]7C[C@](C)(C(=O)OC)CC[C@]7(C)CC[C@]56C)[C@]4(C)CC[C@@]3(C)[C@@H]2C1. The quantitative estimate of drug-likeness (QED) is 0.292. The van der Waals surface area contributed by atoms with Crippen molar-refractivity contribution in [3.63, 3.8) is 0 Å². The topological polar surface area (TPSA) is 108 Å². The highest BCUT2D eigenvalue weighted by molar-refractivity contribution is 6.02. The molecular weight excluding hydrogens is 849 g/mol. The van der Waals surface area contributed by atoms with Gasteiger partial charge in [0.2, 0.25) is 11.4 Å². The fourth-order valence-corrected chi connectivity index (χ4v) is 19.2. The van der Waals surface area contributed by atoms with Crippen molar-refractivity contribution in [2.75, 3.05) is 14.2 Å². The summed E-state index contributed by atoms with van der Waals surface area (Å²) < 4.78 is 24.9. The predicted molar refractivity (Wildman–Crippen MR) is 264 cm³/mol. The molecule has 1 aromatic carbocycles. The van der Waals surface area contributed by atoms with Crippen LogP contribution in [0.2, 0.25) is 0 Å². The molecule has 9 aliphatic carbocycles. The van der Waals surface area contributed by atoms with Crippen LogP contribution in [0, 0.1) is 73.4 Å². The van der Waals surface area contributed by atoms with Gasteiger partial charge in [-0.05, 0) is 197 Å².